The monoisotopic (exact) mass is 570 g/mol. The molecule has 5 aromatic rings. The van der Waals surface area contributed by atoms with Gasteiger partial charge in [0.25, 0.3) is 0 Å². The Morgan fingerprint density at radius 1 is 1.10 bits per heavy atom. The molecule has 1 saturated carbocycles. The van der Waals surface area contributed by atoms with E-state index in [1.54, 1.807) is 62.5 Å². The highest BCUT2D eigenvalue weighted by molar-refractivity contribution is 5.98. The van der Waals surface area contributed by atoms with Gasteiger partial charge < -0.3 is 19.5 Å². The van der Waals surface area contributed by atoms with Crippen molar-refractivity contribution < 1.29 is 23.8 Å². The molecule has 0 unspecified atom stereocenters. The van der Waals surface area contributed by atoms with Gasteiger partial charge in [0.05, 0.1) is 23.1 Å². The number of nitrogens with one attached hydrogen (secondary N) is 1. The van der Waals surface area contributed by atoms with Crippen molar-refractivity contribution in [3.8, 4) is 17.0 Å². The van der Waals surface area contributed by atoms with Crippen LogP contribution in [0.3, 0.4) is 0 Å². The van der Waals surface area contributed by atoms with Crippen molar-refractivity contribution >= 4 is 39.8 Å². The highest BCUT2D eigenvalue weighted by Crippen LogP contribution is 2.34. The minimum Gasteiger partial charge on any atom is -0.484 e. The third-order valence-corrected chi connectivity index (χ3v) is 6.77. The van der Waals surface area contributed by atoms with Crippen LogP contribution in [0.2, 0.25) is 0 Å². The van der Waals surface area contributed by atoms with Crippen LogP contribution in [0.4, 0.5) is 10.6 Å². The predicted molar refractivity (Wildman–Crippen MR) is 153 cm³/mol. The Morgan fingerprint density at radius 3 is 2.64 bits per heavy atom. The molecule has 13 heteroatoms. The first-order valence-electron chi connectivity index (χ1n) is 13.7. The van der Waals surface area contributed by atoms with Crippen LogP contribution < -0.4 is 10.1 Å². The van der Waals surface area contributed by atoms with E-state index in [9.17, 15) is 9.59 Å². The lowest BCUT2D eigenvalue weighted by Gasteiger charge is -2.17. The molecule has 13 nitrogen and oxygen atoms in total. The highest BCUT2D eigenvalue weighted by atomic mass is 16.7. The number of pyridine rings is 1. The van der Waals surface area contributed by atoms with Crippen molar-refractivity contribution in [2.45, 2.75) is 45.8 Å². The Morgan fingerprint density at radius 2 is 1.90 bits per heavy atom. The summed E-state index contributed by atoms with van der Waals surface area (Å²) in [5, 5.41) is 12.8. The summed E-state index contributed by atoms with van der Waals surface area (Å²) in [6.07, 6.45) is 7.72. The second-order valence-corrected chi connectivity index (χ2v) is 10.5. The molecule has 0 radical (unpaired) electrons. The van der Waals surface area contributed by atoms with E-state index < -0.39 is 25.0 Å². The molecule has 1 aliphatic carbocycles. The highest BCUT2D eigenvalue weighted by Gasteiger charge is 2.24. The smallest absolute Gasteiger partial charge is 0.438 e. The number of aryl methyl sites for hydroxylation is 1. The summed E-state index contributed by atoms with van der Waals surface area (Å²) in [6, 6.07) is 7.61. The number of aromatic nitrogens is 7. The molecule has 0 aliphatic heterocycles. The number of hydrogen-bond acceptors (Lipinski definition) is 11. The van der Waals surface area contributed by atoms with Gasteiger partial charge in [-0.1, -0.05) is 13.8 Å². The molecule has 1 aromatic carbocycles. The first-order valence-corrected chi connectivity index (χ1v) is 13.7. The van der Waals surface area contributed by atoms with E-state index in [0.717, 1.165) is 28.9 Å². The average Bonchev–Trinajstić information content (AvgIpc) is 3.55. The largest absolute Gasteiger partial charge is 0.484 e. The SMILES string of the molecule is CC(C)C(=O)OCOC(=O)n1nc(-c2cnn(C)c2)c2cc(O[C@H](C)c3nc(NC4CC4)cc4nccnc34)ccc21. The molecule has 0 amide bonds. The standard InChI is InChI=1S/C29H30N8O5/c1-16(2)28(38)40-15-41-29(39)37-23-8-7-20(11-21(23)26(35-37)18-13-32-36(4)14-18)42-17(3)25-27-22(30-9-10-31-27)12-24(34-25)33-19-5-6-19/h7-14,16-17,19H,5-6,15H2,1-4H3,(H,33,34)/t17-/m1/s1. The molecular formula is C29H30N8O5. The molecule has 1 aliphatic rings. The van der Waals surface area contributed by atoms with E-state index in [0.29, 0.717) is 45.2 Å². The van der Waals surface area contributed by atoms with Gasteiger partial charge in [0.1, 0.15) is 34.6 Å². The molecule has 1 atom stereocenters. The summed E-state index contributed by atoms with van der Waals surface area (Å²) in [5.74, 6) is 0.467. The van der Waals surface area contributed by atoms with Gasteiger partial charge in [-0.25, -0.2) is 9.78 Å². The van der Waals surface area contributed by atoms with E-state index in [1.807, 2.05) is 19.1 Å². The number of fused-ring (bicyclic) bond motifs is 2. The third kappa shape index (κ3) is 5.57. The zero-order chi connectivity index (χ0) is 29.4. The minimum atomic E-state index is -0.789. The molecule has 4 aromatic heterocycles. The first-order chi connectivity index (χ1) is 20.3. The fraction of sp³-hybridized carbons (Fsp3) is 0.345. The predicted octanol–water partition coefficient (Wildman–Crippen LogP) is 4.63. The number of ether oxygens (including phenoxy) is 3. The third-order valence-electron chi connectivity index (χ3n) is 6.77. The summed E-state index contributed by atoms with van der Waals surface area (Å²) < 4.78 is 19.3. The molecule has 1 N–H and O–H groups in total. The van der Waals surface area contributed by atoms with Crippen LogP contribution in [0.5, 0.6) is 5.75 Å². The molecule has 0 spiro atoms. The number of carbonyl (C=O) groups excluding carboxylic acids is 2. The first kappa shape index (κ1) is 27.1. The fourth-order valence-corrected chi connectivity index (χ4v) is 4.48. The summed E-state index contributed by atoms with van der Waals surface area (Å²) in [4.78, 5) is 38.5. The van der Waals surface area contributed by atoms with Crippen LogP contribution in [0, 0.1) is 5.92 Å². The average molecular weight is 571 g/mol. The Kier molecular flexibility index (Phi) is 7.15. The summed E-state index contributed by atoms with van der Waals surface area (Å²) in [5.41, 5.74) is 3.75. The lowest BCUT2D eigenvalue weighted by molar-refractivity contribution is -0.155. The van der Waals surface area contributed by atoms with Crippen molar-refractivity contribution in [2.75, 3.05) is 12.1 Å². The summed E-state index contributed by atoms with van der Waals surface area (Å²) in [7, 11) is 1.79. The van der Waals surface area contributed by atoms with E-state index in [4.69, 9.17) is 19.2 Å². The van der Waals surface area contributed by atoms with Gasteiger partial charge in [-0.05, 0) is 38.0 Å². The van der Waals surface area contributed by atoms with Crippen molar-refractivity contribution in [3.63, 3.8) is 0 Å². The second-order valence-electron chi connectivity index (χ2n) is 10.5. The Labute approximate surface area is 240 Å². The van der Waals surface area contributed by atoms with Crippen LogP contribution in [-0.2, 0) is 21.3 Å². The Hall–Kier alpha value is -5.07. The van der Waals surface area contributed by atoms with Crippen molar-refractivity contribution in [1.82, 2.24) is 34.5 Å². The lowest BCUT2D eigenvalue weighted by Crippen LogP contribution is -2.20. The van der Waals surface area contributed by atoms with Crippen LogP contribution in [0.15, 0.2) is 49.1 Å². The van der Waals surface area contributed by atoms with Crippen LogP contribution >= 0.6 is 0 Å². The normalized spacial score (nSPS) is 13.8. The molecule has 6 rings (SSSR count). The number of carbonyl (C=O) groups is 2. The Balaban J connectivity index is 1.32. The van der Waals surface area contributed by atoms with Gasteiger partial charge in [0, 0.05) is 48.7 Å². The molecule has 4 heterocycles. The Bertz CT molecular complexity index is 1790. The van der Waals surface area contributed by atoms with Gasteiger partial charge in [0.2, 0.25) is 6.79 Å². The zero-order valence-corrected chi connectivity index (χ0v) is 23.6. The van der Waals surface area contributed by atoms with Crippen LogP contribution in [-0.4, -0.2) is 59.4 Å². The molecule has 0 bridgehead atoms. The quantitative estimate of drug-likeness (QED) is 0.195. The number of rotatable bonds is 9. The molecule has 42 heavy (non-hydrogen) atoms. The molecular weight excluding hydrogens is 540 g/mol. The van der Waals surface area contributed by atoms with E-state index in [-0.39, 0.29) is 5.92 Å². The van der Waals surface area contributed by atoms with Gasteiger partial charge in [-0.3, -0.25) is 19.4 Å². The number of nitrogens with zero attached hydrogens (tertiary/aromatic N) is 7. The van der Waals surface area contributed by atoms with Crippen LogP contribution in [0.1, 0.15) is 45.4 Å². The zero-order valence-electron chi connectivity index (χ0n) is 23.6. The molecule has 216 valence electrons. The van der Waals surface area contributed by atoms with Crippen molar-refractivity contribution in [2.24, 2.45) is 13.0 Å². The van der Waals surface area contributed by atoms with E-state index >= 15 is 0 Å². The van der Waals surface area contributed by atoms with Crippen LogP contribution in [0.25, 0.3) is 33.2 Å². The number of esters is 1. The van der Waals surface area contributed by atoms with E-state index in [1.165, 1.54) is 0 Å². The number of anilines is 1. The van der Waals surface area contributed by atoms with Crippen molar-refractivity contribution in [3.05, 3.63) is 54.7 Å². The maximum atomic E-state index is 13.0. The topological polar surface area (TPSA) is 148 Å². The van der Waals surface area contributed by atoms with Gasteiger partial charge in [0.15, 0.2) is 0 Å². The fourth-order valence-electron chi connectivity index (χ4n) is 4.48. The lowest BCUT2D eigenvalue weighted by atomic mass is 10.1. The number of hydrogen-bond donors (Lipinski definition) is 1. The summed E-state index contributed by atoms with van der Waals surface area (Å²) >= 11 is 0. The second kappa shape index (κ2) is 11.1. The van der Waals surface area contributed by atoms with Gasteiger partial charge >= 0.3 is 12.1 Å². The molecule has 0 saturated heterocycles. The van der Waals surface area contributed by atoms with Gasteiger partial charge in [-0.2, -0.15) is 14.9 Å². The maximum Gasteiger partial charge on any atom is 0.438 e. The molecule has 1 fully saturated rings. The van der Waals surface area contributed by atoms with E-state index in [2.05, 4.69) is 25.5 Å². The summed E-state index contributed by atoms with van der Waals surface area (Å²) in [6.45, 7) is 4.78. The maximum absolute atomic E-state index is 13.0. The minimum absolute atomic E-state index is 0.343. The van der Waals surface area contributed by atoms with Gasteiger partial charge in [-0.15, -0.1) is 0 Å². The number of benzene rings is 1. The van der Waals surface area contributed by atoms with Crippen molar-refractivity contribution in [1.29, 1.82) is 0 Å².